The summed E-state index contributed by atoms with van der Waals surface area (Å²) in [6.07, 6.45) is 6.39. The molecule has 0 radical (unpaired) electrons. The molecule has 4 heteroatoms. The number of piperidine rings is 1. The molecule has 0 spiro atoms. The van der Waals surface area contributed by atoms with E-state index in [0.717, 1.165) is 38.4 Å². The predicted octanol–water partition coefficient (Wildman–Crippen LogP) is 2.53. The molecule has 1 aromatic heterocycles. The lowest BCUT2D eigenvalue weighted by atomic mass is 9.98. The number of pyridine rings is 1. The zero-order valence-electron chi connectivity index (χ0n) is 13.6. The second-order valence-electron chi connectivity index (χ2n) is 6.27. The number of nitrogens with zero attached hydrogens (tertiary/aromatic N) is 2. The van der Waals surface area contributed by atoms with Crippen LogP contribution in [0.2, 0.25) is 0 Å². The molecule has 1 aliphatic heterocycles. The van der Waals surface area contributed by atoms with E-state index in [0.29, 0.717) is 5.92 Å². The fourth-order valence-electron chi connectivity index (χ4n) is 3.14. The van der Waals surface area contributed by atoms with Crippen LogP contribution in [-0.2, 0) is 11.2 Å². The van der Waals surface area contributed by atoms with Crippen molar-refractivity contribution in [3.63, 3.8) is 0 Å². The van der Waals surface area contributed by atoms with Crippen LogP contribution in [0.15, 0.2) is 12.3 Å². The molecule has 1 saturated heterocycles. The Bertz CT molecular complexity index is 448. The molecule has 1 aromatic rings. The van der Waals surface area contributed by atoms with Gasteiger partial charge in [0.25, 0.3) is 0 Å². The summed E-state index contributed by atoms with van der Waals surface area (Å²) in [5.41, 5.74) is 8.54. The molecule has 2 N–H and O–H groups in total. The van der Waals surface area contributed by atoms with Crippen LogP contribution in [-0.4, -0.2) is 37.8 Å². The van der Waals surface area contributed by atoms with E-state index >= 15 is 0 Å². The van der Waals surface area contributed by atoms with Crippen LogP contribution in [0, 0.1) is 12.8 Å². The second kappa shape index (κ2) is 7.76. The van der Waals surface area contributed by atoms with Crippen LogP contribution in [0.25, 0.3) is 0 Å². The maximum atomic E-state index is 6.04. The van der Waals surface area contributed by atoms with Crippen LogP contribution in [0.1, 0.15) is 37.3 Å². The Balaban J connectivity index is 2.06. The van der Waals surface area contributed by atoms with Gasteiger partial charge in [0.05, 0.1) is 6.61 Å². The Hall–Kier alpha value is -1.13. The van der Waals surface area contributed by atoms with E-state index in [-0.39, 0.29) is 6.04 Å². The zero-order valence-corrected chi connectivity index (χ0v) is 13.6. The van der Waals surface area contributed by atoms with Crippen molar-refractivity contribution in [1.82, 2.24) is 4.98 Å². The minimum absolute atomic E-state index is 0.234. The minimum Gasteiger partial charge on any atom is -0.384 e. The minimum atomic E-state index is 0.234. The third-order valence-corrected chi connectivity index (χ3v) is 4.35. The number of aryl methyl sites for hydroxylation is 1. The van der Waals surface area contributed by atoms with Gasteiger partial charge in [0.1, 0.15) is 5.82 Å². The first kappa shape index (κ1) is 16.2. The Morgan fingerprint density at radius 3 is 3.00 bits per heavy atom. The van der Waals surface area contributed by atoms with Gasteiger partial charge in [-0.05, 0) is 49.7 Å². The summed E-state index contributed by atoms with van der Waals surface area (Å²) >= 11 is 0. The van der Waals surface area contributed by atoms with E-state index < -0.39 is 0 Å². The lowest BCUT2D eigenvalue weighted by Gasteiger charge is -2.34. The maximum absolute atomic E-state index is 6.04. The largest absolute Gasteiger partial charge is 0.384 e. The van der Waals surface area contributed by atoms with Crippen LogP contribution >= 0.6 is 0 Å². The van der Waals surface area contributed by atoms with E-state index in [1.165, 1.54) is 24.0 Å². The van der Waals surface area contributed by atoms with Gasteiger partial charge in [-0.1, -0.05) is 13.0 Å². The van der Waals surface area contributed by atoms with Crippen molar-refractivity contribution >= 4 is 5.82 Å². The summed E-state index contributed by atoms with van der Waals surface area (Å²) in [7, 11) is 1.79. The number of hydrogen-bond acceptors (Lipinski definition) is 4. The first-order valence-corrected chi connectivity index (χ1v) is 8.09. The monoisotopic (exact) mass is 291 g/mol. The molecule has 0 bridgehead atoms. The highest BCUT2D eigenvalue weighted by atomic mass is 16.5. The fraction of sp³-hybridized carbons (Fsp3) is 0.706. The molecule has 2 rings (SSSR count). The molecule has 2 atom stereocenters. The Kier molecular flexibility index (Phi) is 6.00. The molecule has 21 heavy (non-hydrogen) atoms. The van der Waals surface area contributed by atoms with Gasteiger partial charge in [0.15, 0.2) is 0 Å². The zero-order chi connectivity index (χ0) is 15.2. The first-order valence-electron chi connectivity index (χ1n) is 8.09. The van der Waals surface area contributed by atoms with Crippen molar-refractivity contribution in [1.29, 1.82) is 0 Å². The van der Waals surface area contributed by atoms with Gasteiger partial charge in [-0.15, -0.1) is 0 Å². The van der Waals surface area contributed by atoms with E-state index in [2.05, 4.69) is 24.8 Å². The number of hydrogen-bond donors (Lipinski definition) is 1. The van der Waals surface area contributed by atoms with Gasteiger partial charge >= 0.3 is 0 Å². The topological polar surface area (TPSA) is 51.4 Å². The molecule has 1 fully saturated rings. The van der Waals surface area contributed by atoms with Gasteiger partial charge in [-0.2, -0.15) is 0 Å². The Morgan fingerprint density at radius 1 is 1.52 bits per heavy atom. The average Bonchev–Trinajstić information content (AvgIpc) is 2.48. The van der Waals surface area contributed by atoms with Crippen molar-refractivity contribution in [2.24, 2.45) is 11.7 Å². The predicted molar refractivity (Wildman–Crippen MR) is 87.8 cm³/mol. The van der Waals surface area contributed by atoms with E-state index in [9.17, 15) is 0 Å². The molecular formula is C17H29N3O. The fourth-order valence-corrected chi connectivity index (χ4v) is 3.14. The molecule has 118 valence electrons. The molecule has 2 unspecified atom stereocenters. The third kappa shape index (κ3) is 4.42. The Labute approximate surface area is 128 Å². The standard InChI is InChI=1S/C17H29N3O/c1-4-16(18)9-15-8-13(2)17(19-10-15)20-7-5-6-14(11-20)12-21-3/h8,10,14,16H,4-7,9,11-12,18H2,1-3H3. The van der Waals surface area contributed by atoms with Crippen molar-refractivity contribution in [2.75, 3.05) is 31.7 Å². The summed E-state index contributed by atoms with van der Waals surface area (Å²) in [6, 6.07) is 2.48. The average molecular weight is 291 g/mol. The van der Waals surface area contributed by atoms with Crippen LogP contribution in [0.3, 0.4) is 0 Å². The summed E-state index contributed by atoms with van der Waals surface area (Å²) in [5, 5.41) is 0. The first-order chi connectivity index (χ1) is 10.1. The normalized spacial score (nSPS) is 20.6. The van der Waals surface area contributed by atoms with Crippen LogP contribution in [0.4, 0.5) is 5.82 Å². The number of rotatable bonds is 6. The summed E-state index contributed by atoms with van der Waals surface area (Å²) in [6.45, 7) is 7.28. The number of ether oxygens (including phenoxy) is 1. The molecule has 0 aromatic carbocycles. The molecule has 0 amide bonds. The van der Waals surface area contributed by atoms with Crippen molar-refractivity contribution in [2.45, 2.75) is 45.6 Å². The molecule has 1 aliphatic rings. The van der Waals surface area contributed by atoms with Gasteiger partial charge in [0.2, 0.25) is 0 Å². The number of methoxy groups -OCH3 is 1. The number of anilines is 1. The van der Waals surface area contributed by atoms with E-state index in [4.69, 9.17) is 15.5 Å². The SMILES string of the molecule is CCC(N)Cc1cnc(N2CCCC(COC)C2)c(C)c1. The van der Waals surface area contributed by atoms with Gasteiger partial charge in [0, 0.05) is 32.4 Å². The molecular weight excluding hydrogens is 262 g/mol. The molecule has 0 aliphatic carbocycles. The summed E-state index contributed by atoms with van der Waals surface area (Å²) < 4.78 is 5.31. The summed E-state index contributed by atoms with van der Waals surface area (Å²) in [5.74, 6) is 1.75. The lowest BCUT2D eigenvalue weighted by Crippen LogP contribution is -2.38. The quantitative estimate of drug-likeness (QED) is 0.875. The second-order valence-corrected chi connectivity index (χ2v) is 6.27. The molecule has 2 heterocycles. The highest BCUT2D eigenvalue weighted by molar-refractivity contribution is 5.47. The Morgan fingerprint density at radius 2 is 2.33 bits per heavy atom. The smallest absolute Gasteiger partial charge is 0.131 e. The highest BCUT2D eigenvalue weighted by Gasteiger charge is 2.22. The lowest BCUT2D eigenvalue weighted by molar-refractivity contribution is 0.143. The third-order valence-electron chi connectivity index (χ3n) is 4.35. The van der Waals surface area contributed by atoms with Crippen molar-refractivity contribution in [3.05, 3.63) is 23.4 Å². The van der Waals surface area contributed by atoms with Gasteiger partial charge in [-0.3, -0.25) is 0 Å². The van der Waals surface area contributed by atoms with Crippen molar-refractivity contribution < 1.29 is 4.74 Å². The summed E-state index contributed by atoms with van der Waals surface area (Å²) in [4.78, 5) is 7.12. The molecule has 4 nitrogen and oxygen atoms in total. The van der Waals surface area contributed by atoms with E-state index in [1.807, 2.05) is 6.20 Å². The van der Waals surface area contributed by atoms with Crippen molar-refractivity contribution in [3.8, 4) is 0 Å². The van der Waals surface area contributed by atoms with Crippen LogP contribution < -0.4 is 10.6 Å². The van der Waals surface area contributed by atoms with E-state index in [1.54, 1.807) is 7.11 Å². The van der Waals surface area contributed by atoms with Crippen LogP contribution in [0.5, 0.6) is 0 Å². The highest BCUT2D eigenvalue weighted by Crippen LogP contribution is 2.25. The number of nitrogens with two attached hydrogens (primary N) is 1. The maximum Gasteiger partial charge on any atom is 0.131 e. The van der Waals surface area contributed by atoms with Gasteiger partial charge < -0.3 is 15.4 Å². The number of aromatic nitrogens is 1. The van der Waals surface area contributed by atoms with Gasteiger partial charge in [-0.25, -0.2) is 4.98 Å². The molecule has 0 saturated carbocycles.